The molecule has 2 saturated heterocycles. The number of halogens is 2. The van der Waals surface area contributed by atoms with Crippen LogP contribution in [0.3, 0.4) is 0 Å². The largest absolute Gasteiger partial charge is 0.357 e. The third kappa shape index (κ3) is 3.83. The van der Waals surface area contributed by atoms with Gasteiger partial charge in [0.05, 0.1) is 10.5 Å². The molecule has 0 bridgehead atoms. The van der Waals surface area contributed by atoms with E-state index in [2.05, 4.69) is 4.90 Å². The molecule has 4 heterocycles. The lowest BCUT2D eigenvalue weighted by Gasteiger charge is -2.31. The molecule has 8 nitrogen and oxygen atoms in total. The number of nitrogens with zero attached hydrogens (tertiary/aromatic N) is 5. The quantitative estimate of drug-likeness (QED) is 0.557. The van der Waals surface area contributed by atoms with E-state index in [4.69, 9.17) is 16.6 Å². The molecule has 176 valence electrons. The topological polar surface area (TPSA) is 80.4 Å². The lowest BCUT2D eigenvalue weighted by Crippen LogP contribution is -2.41. The summed E-state index contributed by atoms with van der Waals surface area (Å²) in [5, 5.41) is -0.138. The molecule has 0 atom stereocenters. The zero-order chi connectivity index (χ0) is 23.3. The van der Waals surface area contributed by atoms with Gasteiger partial charge >= 0.3 is 5.69 Å². The Morgan fingerprint density at radius 1 is 1.06 bits per heavy atom. The van der Waals surface area contributed by atoms with Gasteiger partial charge in [0, 0.05) is 39.3 Å². The summed E-state index contributed by atoms with van der Waals surface area (Å²) in [5.74, 6) is 0.277. The van der Waals surface area contributed by atoms with Gasteiger partial charge in [-0.05, 0) is 56.0 Å². The number of aryl methyl sites for hydroxylation is 1. The number of aromatic nitrogens is 3. The summed E-state index contributed by atoms with van der Waals surface area (Å²) in [6.45, 7) is 2.38. The molecule has 0 spiro atoms. The number of hydrogen-bond donors (Lipinski definition) is 0. The zero-order valence-electron chi connectivity index (χ0n) is 18.2. The zero-order valence-corrected chi connectivity index (χ0v) is 19.8. The highest BCUT2D eigenvalue weighted by molar-refractivity contribution is 7.89. The molecular formula is C22H25ClFN5O3S. The van der Waals surface area contributed by atoms with Gasteiger partial charge in [-0.1, -0.05) is 11.6 Å². The molecular weight excluding hydrogens is 469 g/mol. The van der Waals surface area contributed by atoms with E-state index in [0.29, 0.717) is 18.5 Å². The van der Waals surface area contributed by atoms with Crippen LogP contribution < -0.4 is 10.6 Å². The standard InChI is InChI=1S/C22H25ClFN5O3S/c1-26-18-5-7-20(27-10-2-3-11-27)25-21(18)29(22(26)30)16-8-12-28(13-9-16)33(31,32)19-6-4-15(24)14-17(19)23/h4-7,14,16H,2-3,8-13H2,1H3. The summed E-state index contributed by atoms with van der Waals surface area (Å²) >= 11 is 6.01. The second-order valence-corrected chi connectivity index (χ2v) is 10.9. The fourth-order valence-electron chi connectivity index (χ4n) is 4.84. The summed E-state index contributed by atoms with van der Waals surface area (Å²) < 4.78 is 44.2. The number of hydrogen-bond acceptors (Lipinski definition) is 5. The minimum absolute atomic E-state index is 0.108. The molecule has 11 heteroatoms. The first-order valence-corrected chi connectivity index (χ1v) is 12.9. The van der Waals surface area contributed by atoms with Crippen LogP contribution >= 0.6 is 11.6 Å². The van der Waals surface area contributed by atoms with Crippen molar-refractivity contribution in [2.45, 2.75) is 36.6 Å². The van der Waals surface area contributed by atoms with Gasteiger partial charge in [-0.2, -0.15) is 4.31 Å². The van der Waals surface area contributed by atoms with Crippen molar-refractivity contribution in [3.8, 4) is 0 Å². The molecule has 0 radical (unpaired) electrons. The van der Waals surface area contributed by atoms with Crippen molar-refractivity contribution >= 4 is 38.6 Å². The Morgan fingerprint density at radius 3 is 2.42 bits per heavy atom. The van der Waals surface area contributed by atoms with E-state index in [0.717, 1.165) is 49.4 Å². The van der Waals surface area contributed by atoms with Crippen molar-refractivity contribution in [1.29, 1.82) is 0 Å². The van der Waals surface area contributed by atoms with Gasteiger partial charge in [0.1, 0.15) is 16.5 Å². The molecule has 2 aliphatic rings. The fraction of sp³-hybridized carbons (Fsp3) is 0.455. The second kappa shape index (κ2) is 8.41. The van der Waals surface area contributed by atoms with Gasteiger partial charge in [0.25, 0.3) is 0 Å². The molecule has 0 N–H and O–H groups in total. The van der Waals surface area contributed by atoms with E-state index in [1.54, 1.807) is 16.2 Å². The first-order chi connectivity index (χ1) is 15.8. The second-order valence-electron chi connectivity index (χ2n) is 8.63. The summed E-state index contributed by atoms with van der Waals surface area (Å²) in [6.07, 6.45) is 3.19. The molecule has 2 fully saturated rings. The predicted molar refractivity (Wildman–Crippen MR) is 125 cm³/mol. The van der Waals surface area contributed by atoms with Crippen molar-refractivity contribution < 1.29 is 12.8 Å². The monoisotopic (exact) mass is 493 g/mol. The van der Waals surface area contributed by atoms with Crippen LogP contribution in [-0.4, -0.2) is 53.0 Å². The summed E-state index contributed by atoms with van der Waals surface area (Å²) in [6, 6.07) is 7.00. The average Bonchev–Trinajstić information content (AvgIpc) is 3.41. The lowest BCUT2D eigenvalue weighted by atomic mass is 10.1. The number of benzene rings is 1. The van der Waals surface area contributed by atoms with Gasteiger partial charge in [0.2, 0.25) is 10.0 Å². The van der Waals surface area contributed by atoms with Crippen molar-refractivity contribution in [2.24, 2.45) is 7.05 Å². The minimum Gasteiger partial charge on any atom is -0.357 e. The summed E-state index contributed by atoms with van der Waals surface area (Å²) in [4.78, 5) is 20.0. The van der Waals surface area contributed by atoms with Crippen LogP contribution in [0.1, 0.15) is 31.7 Å². The number of rotatable bonds is 4. The molecule has 3 aromatic rings. The van der Waals surface area contributed by atoms with E-state index in [1.165, 1.54) is 10.4 Å². The molecule has 0 amide bonds. The molecule has 2 aromatic heterocycles. The van der Waals surface area contributed by atoms with Gasteiger partial charge in [-0.3, -0.25) is 9.13 Å². The van der Waals surface area contributed by atoms with Crippen LogP contribution in [0.4, 0.5) is 10.2 Å². The van der Waals surface area contributed by atoms with Crippen molar-refractivity contribution in [2.75, 3.05) is 31.1 Å². The van der Waals surface area contributed by atoms with E-state index in [9.17, 15) is 17.6 Å². The minimum atomic E-state index is -3.86. The van der Waals surface area contributed by atoms with Gasteiger partial charge in [-0.25, -0.2) is 22.6 Å². The third-order valence-corrected chi connectivity index (χ3v) is 9.03. The third-order valence-electron chi connectivity index (χ3n) is 6.65. The molecule has 1 aromatic carbocycles. The highest BCUT2D eigenvalue weighted by atomic mass is 35.5. The van der Waals surface area contributed by atoms with Crippen LogP contribution in [0.25, 0.3) is 11.2 Å². The molecule has 2 aliphatic heterocycles. The van der Waals surface area contributed by atoms with Gasteiger partial charge in [-0.15, -0.1) is 0 Å². The Balaban J connectivity index is 1.43. The molecule has 0 saturated carbocycles. The number of anilines is 1. The number of imidazole rings is 1. The predicted octanol–water partition coefficient (Wildman–Crippen LogP) is 3.15. The number of fused-ring (bicyclic) bond motifs is 1. The Hall–Kier alpha value is -2.43. The molecule has 0 aliphatic carbocycles. The fourth-order valence-corrected chi connectivity index (χ4v) is 6.82. The van der Waals surface area contributed by atoms with E-state index in [1.807, 2.05) is 12.1 Å². The smallest absolute Gasteiger partial charge is 0.330 e. The van der Waals surface area contributed by atoms with Gasteiger partial charge in [0.15, 0.2) is 5.65 Å². The van der Waals surface area contributed by atoms with E-state index >= 15 is 0 Å². The maximum absolute atomic E-state index is 13.4. The van der Waals surface area contributed by atoms with Crippen LogP contribution in [0.5, 0.6) is 0 Å². The van der Waals surface area contributed by atoms with E-state index in [-0.39, 0.29) is 34.7 Å². The maximum atomic E-state index is 13.4. The normalized spacial score (nSPS) is 18.5. The lowest BCUT2D eigenvalue weighted by molar-refractivity contribution is 0.272. The van der Waals surface area contributed by atoms with Crippen molar-refractivity contribution in [1.82, 2.24) is 18.4 Å². The highest BCUT2D eigenvalue weighted by Crippen LogP contribution is 2.31. The first kappa shape index (κ1) is 22.4. The summed E-state index contributed by atoms with van der Waals surface area (Å²) in [5.41, 5.74) is 1.24. The Labute approximate surface area is 196 Å². The Kier molecular flexibility index (Phi) is 5.70. The van der Waals surface area contributed by atoms with E-state index < -0.39 is 15.8 Å². The average molecular weight is 494 g/mol. The Bertz CT molecular complexity index is 1370. The van der Waals surface area contributed by atoms with Crippen LogP contribution in [-0.2, 0) is 17.1 Å². The van der Waals surface area contributed by atoms with Crippen molar-refractivity contribution in [3.05, 3.63) is 51.7 Å². The first-order valence-electron chi connectivity index (χ1n) is 11.1. The molecule has 33 heavy (non-hydrogen) atoms. The number of pyridine rings is 1. The van der Waals surface area contributed by atoms with Crippen LogP contribution in [0, 0.1) is 5.82 Å². The maximum Gasteiger partial charge on any atom is 0.330 e. The van der Waals surface area contributed by atoms with Crippen LogP contribution in [0.2, 0.25) is 5.02 Å². The summed E-state index contributed by atoms with van der Waals surface area (Å²) in [7, 11) is -2.13. The van der Waals surface area contributed by atoms with Crippen LogP contribution in [0.15, 0.2) is 40.0 Å². The number of piperidine rings is 1. The SMILES string of the molecule is Cn1c(=O)n(C2CCN(S(=O)(=O)c3ccc(F)cc3Cl)CC2)c2nc(N3CCCC3)ccc21. The Morgan fingerprint density at radius 2 is 1.76 bits per heavy atom. The van der Waals surface area contributed by atoms with Gasteiger partial charge < -0.3 is 4.90 Å². The highest BCUT2D eigenvalue weighted by Gasteiger charge is 2.33. The molecule has 0 unspecified atom stereocenters. The number of sulfonamides is 1. The molecule has 5 rings (SSSR count). The van der Waals surface area contributed by atoms with Crippen molar-refractivity contribution in [3.63, 3.8) is 0 Å².